The van der Waals surface area contributed by atoms with Crippen LogP contribution in [0.25, 0.3) is 0 Å². The van der Waals surface area contributed by atoms with Gasteiger partial charge in [0.1, 0.15) is 11.4 Å². The van der Waals surface area contributed by atoms with Gasteiger partial charge in [0.25, 0.3) is 0 Å². The van der Waals surface area contributed by atoms with Crippen LogP contribution >= 0.6 is 0 Å². The van der Waals surface area contributed by atoms with E-state index < -0.39 is 5.60 Å². The number of ether oxygens (including phenoxy) is 1. The summed E-state index contributed by atoms with van der Waals surface area (Å²) in [4.78, 5) is 7.29. The number of aliphatic imine (C=N–C) groups is 1. The van der Waals surface area contributed by atoms with E-state index in [1.54, 1.807) is 7.11 Å². The summed E-state index contributed by atoms with van der Waals surface area (Å²) in [5.41, 5.74) is 3.74. The highest BCUT2D eigenvalue weighted by Crippen LogP contribution is 2.38. The van der Waals surface area contributed by atoms with Gasteiger partial charge in [0.05, 0.1) is 18.4 Å². The van der Waals surface area contributed by atoms with Crippen LogP contribution in [-0.2, 0) is 5.60 Å². The lowest BCUT2D eigenvalue weighted by molar-refractivity contribution is -0.0203. The van der Waals surface area contributed by atoms with E-state index in [4.69, 9.17) is 9.73 Å². The van der Waals surface area contributed by atoms with Crippen LogP contribution in [0, 0.1) is 0 Å². The largest absolute Gasteiger partial charge is 0.494 e. The lowest BCUT2D eigenvalue weighted by Gasteiger charge is -2.37. The van der Waals surface area contributed by atoms with Crippen LogP contribution in [0.2, 0.25) is 0 Å². The number of aliphatic hydroxyl groups is 1. The van der Waals surface area contributed by atoms with Gasteiger partial charge in [-0.15, -0.1) is 0 Å². The Bertz CT molecular complexity index is 966. The Labute approximate surface area is 178 Å². The van der Waals surface area contributed by atoms with E-state index in [0.717, 1.165) is 41.2 Å². The van der Waals surface area contributed by atoms with Crippen molar-refractivity contribution in [2.75, 3.05) is 27.2 Å². The first-order valence-corrected chi connectivity index (χ1v) is 10.4. The van der Waals surface area contributed by atoms with Crippen LogP contribution in [-0.4, -0.2) is 43.0 Å². The summed E-state index contributed by atoms with van der Waals surface area (Å²) in [5, 5.41) is 11.3. The second kappa shape index (κ2) is 8.82. The molecule has 0 bridgehead atoms. The number of nitrogens with zero attached hydrogens (tertiary/aromatic N) is 2. The molecule has 30 heavy (non-hydrogen) atoms. The third-order valence-electron chi connectivity index (χ3n) is 5.86. The molecule has 4 rings (SSSR count). The Kier molecular flexibility index (Phi) is 5.98. The molecule has 1 fully saturated rings. The monoisotopic (exact) mass is 400 g/mol. The Morgan fingerprint density at radius 1 is 0.900 bits per heavy atom. The molecule has 154 valence electrons. The number of benzene rings is 3. The second-order valence-electron chi connectivity index (χ2n) is 7.91. The molecule has 0 amide bonds. The minimum atomic E-state index is -0.831. The van der Waals surface area contributed by atoms with Crippen LogP contribution in [0.1, 0.15) is 29.5 Å². The molecular formula is C26H28N2O2. The normalized spacial score (nSPS) is 16.1. The lowest BCUT2D eigenvalue weighted by atomic mass is 9.84. The van der Waals surface area contributed by atoms with Gasteiger partial charge in [-0.1, -0.05) is 66.7 Å². The van der Waals surface area contributed by atoms with Crippen LogP contribution in [0.15, 0.2) is 83.9 Å². The fraction of sp³-hybridized carbons (Fsp3) is 0.269. The maximum Gasteiger partial charge on any atom is 0.144 e. The van der Waals surface area contributed by atoms with Crippen molar-refractivity contribution in [3.8, 4) is 5.75 Å². The molecule has 0 radical (unpaired) electrons. The van der Waals surface area contributed by atoms with Crippen molar-refractivity contribution in [2.24, 2.45) is 4.99 Å². The molecule has 0 unspecified atom stereocenters. The van der Waals surface area contributed by atoms with E-state index in [1.165, 1.54) is 0 Å². The molecule has 0 atom stereocenters. The van der Waals surface area contributed by atoms with Crippen molar-refractivity contribution >= 4 is 11.4 Å². The molecule has 4 heteroatoms. The number of rotatable bonds is 5. The van der Waals surface area contributed by atoms with E-state index in [1.807, 2.05) is 54.6 Å². The quantitative estimate of drug-likeness (QED) is 0.627. The zero-order chi connectivity index (χ0) is 21.0. The molecule has 1 saturated heterocycles. The third-order valence-corrected chi connectivity index (χ3v) is 5.86. The van der Waals surface area contributed by atoms with Crippen LogP contribution < -0.4 is 4.74 Å². The Balaban J connectivity index is 1.81. The fourth-order valence-corrected chi connectivity index (χ4v) is 3.95. The van der Waals surface area contributed by atoms with E-state index in [9.17, 15) is 5.11 Å². The molecule has 0 spiro atoms. The average Bonchev–Trinajstić information content (AvgIpc) is 2.80. The van der Waals surface area contributed by atoms with Gasteiger partial charge in [0, 0.05) is 24.2 Å². The molecule has 3 aromatic rings. The van der Waals surface area contributed by atoms with E-state index in [-0.39, 0.29) is 0 Å². The van der Waals surface area contributed by atoms with Gasteiger partial charge in [-0.2, -0.15) is 0 Å². The second-order valence-corrected chi connectivity index (χ2v) is 7.91. The van der Waals surface area contributed by atoms with Gasteiger partial charge in [-0.3, -0.25) is 0 Å². The smallest absolute Gasteiger partial charge is 0.144 e. The Morgan fingerprint density at radius 2 is 1.47 bits per heavy atom. The van der Waals surface area contributed by atoms with Gasteiger partial charge < -0.3 is 14.7 Å². The average molecular weight is 401 g/mol. The summed E-state index contributed by atoms with van der Waals surface area (Å²) in [6.07, 6.45) is 1.42. The maximum atomic E-state index is 11.3. The molecule has 0 aliphatic carbocycles. The SMILES string of the molecule is COc1ccc(C2(O)CCN(C)CC2)cc1N=C(c1ccccc1)c1ccccc1. The molecule has 3 aromatic carbocycles. The van der Waals surface area contributed by atoms with Crippen molar-refractivity contribution in [1.82, 2.24) is 4.90 Å². The van der Waals surface area contributed by atoms with Gasteiger partial charge in [-0.25, -0.2) is 4.99 Å². The first-order valence-electron chi connectivity index (χ1n) is 10.4. The number of hydrogen-bond acceptors (Lipinski definition) is 4. The van der Waals surface area contributed by atoms with Crippen LogP contribution in [0.5, 0.6) is 5.75 Å². The first kappa shape index (κ1) is 20.3. The molecule has 1 N–H and O–H groups in total. The maximum absolute atomic E-state index is 11.3. The topological polar surface area (TPSA) is 45.1 Å². The zero-order valence-corrected chi connectivity index (χ0v) is 17.6. The van der Waals surface area contributed by atoms with Crippen molar-refractivity contribution in [3.63, 3.8) is 0 Å². The molecule has 1 aliphatic heterocycles. The van der Waals surface area contributed by atoms with Crippen molar-refractivity contribution in [2.45, 2.75) is 18.4 Å². The highest BCUT2D eigenvalue weighted by atomic mass is 16.5. The summed E-state index contributed by atoms with van der Waals surface area (Å²) in [5.74, 6) is 0.694. The van der Waals surface area contributed by atoms with Gasteiger partial charge in [-0.05, 0) is 37.6 Å². The molecule has 0 aromatic heterocycles. The van der Waals surface area contributed by atoms with Crippen LogP contribution in [0.4, 0.5) is 5.69 Å². The summed E-state index contributed by atoms with van der Waals surface area (Å²) < 4.78 is 5.61. The number of hydrogen-bond donors (Lipinski definition) is 1. The van der Waals surface area contributed by atoms with Gasteiger partial charge >= 0.3 is 0 Å². The van der Waals surface area contributed by atoms with E-state index >= 15 is 0 Å². The predicted molar refractivity (Wildman–Crippen MR) is 122 cm³/mol. The van der Waals surface area contributed by atoms with Crippen molar-refractivity contribution < 1.29 is 9.84 Å². The first-order chi connectivity index (χ1) is 14.6. The standard InChI is InChI=1S/C26H28N2O2/c1-28-17-15-26(29,16-18-28)22-13-14-24(30-2)23(19-22)27-25(20-9-5-3-6-10-20)21-11-7-4-8-12-21/h3-14,19,29H,15-18H2,1-2H3. The minimum Gasteiger partial charge on any atom is -0.494 e. The Morgan fingerprint density at radius 3 is 2.00 bits per heavy atom. The summed E-state index contributed by atoms with van der Waals surface area (Å²) in [6, 6.07) is 26.2. The van der Waals surface area contributed by atoms with E-state index in [0.29, 0.717) is 18.6 Å². The molecule has 4 nitrogen and oxygen atoms in total. The summed E-state index contributed by atoms with van der Waals surface area (Å²) in [6.45, 7) is 1.75. The zero-order valence-electron chi connectivity index (χ0n) is 17.6. The van der Waals surface area contributed by atoms with Gasteiger partial charge in [0.15, 0.2) is 0 Å². The third kappa shape index (κ3) is 4.30. The highest BCUT2D eigenvalue weighted by Gasteiger charge is 2.33. The molecule has 1 aliphatic rings. The van der Waals surface area contributed by atoms with Crippen LogP contribution in [0.3, 0.4) is 0 Å². The molecule has 1 heterocycles. The number of piperidine rings is 1. The number of likely N-dealkylation sites (tertiary alicyclic amines) is 1. The highest BCUT2D eigenvalue weighted by molar-refractivity contribution is 6.14. The summed E-state index contributed by atoms with van der Waals surface area (Å²) >= 11 is 0. The van der Waals surface area contributed by atoms with Crippen molar-refractivity contribution in [1.29, 1.82) is 0 Å². The predicted octanol–water partition coefficient (Wildman–Crippen LogP) is 4.78. The van der Waals surface area contributed by atoms with E-state index in [2.05, 4.69) is 36.2 Å². The van der Waals surface area contributed by atoms with Gasteiger partial charge in [0.2, 0.25) is 0 Å². The van der Waals surface area contributed by atoms with Crippen molar-refractivity contribution in [3.05, 3.63) is 95.6 Å². The lowest BCUT2D eigenvalue weighted by Crippen LogP contribution is -2.40. The summed E-state index contributed by atoms with van der Waals surface area (Å²) in [7, 11) is 3.75. The fourth-order valence-electron chi connectivity index (χ4n) is 3.95. The molecule has 0 saturated carbocycles. The molecular weight excluding hydrogens is 372 g/mol. The minimum absolute atomic E-state index is 0.694. The number of methoxy groups -OCH3 is 1. The Hall–Kier alpha value is -2.95.